The van der Waals surface area contributed by atoms with Crippen LogP contribution in [0.2, 0.25) is 0 Å². The van der Waals surface area contributed by atoms with Gasteiger partial charge in [0.1, 0.15) is 11.3 Å². The zero-order chi connectivity index (χ0) is 21.0. The van der Waals surface area contributed by atoms with Crippen molar-refractivity contribution in [3.63, 3.8) is 0 Å². The molecule has 1 N–H and O–H groups in total. The van der Waals surface area contributed by atoms with Gasteiger partial charge in [0, 0.05) is 24.2 Å². The number of carbonyl (C=O) groups is 1. The molecule has 0 atom stereocenters. The zero-order valence-electron chi connectivity index (χ0n) is 17.0. The molecule has 1 aliphatic rings. The van der Waals surface area contributed by atoms with Gasteiger partial charge in [-0.05, 0) is 38.8 Å². The zero-order valence-corrected chi connectivity index (χ0v) is 17.8. The number of nitrogens with zero attached hydrogens (tertiary/aromatic N) is 2. The van der Waals surface area contributed by atoms with Crippen LogP contribution in [0.1, 0.15) is 49.0 Å². The van der Waals surface area contributed by atoms with Crippen molar-refractivity contribution in [2.75, 3.05) is 25.2 Å². The normalized spacial score (nSPS) is 15.7. The third-order valence-electron chi connectivity index (χ3n) is 4.93. The number of rotatable bonds is 7. The molecule has 2 aromatic rings. The van der Waals surface area contributed by atoms with Gasteiger partial charge in [0.15, 0.2) is 11.4 Å². The molecule has 29 heavy (non-hydrogen) atoms. The molecular weight excluding hydrogens is 394 g/mol. The first-order valence-electron chi connectivity index (χ1n) is 9.83. The molecule has 0 unspecified atom stereocenters. The fourth-order valence-corrected chi connectivity index (χ4v) is 5.62. The molecule has 9 heteroatoms. The van der Waals surface area contributed by atoms with Gasteiger partial charge in [-0.25, -0.2) is 4.21 Å². The summed E-state index contributed by atoms with van der Waals surface area (Å²) in [6, 6.07) is 3.16. The Morgan fingerprint density at radius 2 is 1.93 bits per heavy atom. The third kappa shape index (κ3) is 4.24. The van der Waals surface area contributed by atoms with Crippen LogP contribution < -0.4 is 15.0 Å². The summed E-state index contributed by atoms with van der Waals surface area (Å²) in [5.74, 6) is 1.14. The van der Waals surface area contributed by atoms with Crippen molar-refractivity contribution in [2.24, 2.45) is 4.36 Å². The molecule has 1 saturated heterocycles. The van der Waals surface area contributed by atoms with Gasteiger partial charge in [0.2, 0.25) is 5.78 Å². The van der Waals surface area contributed by atoms with Crippen LogP contribution in [0.4, 0.5) is 5.69 Å². The Bertz CT molecular complexity index is 1060. The maximum Gasteiger partial charge on any atom is 0.277 e. The lowest BCUT2D eigenvalue weighted by atomic mass is 10.0. The number of benzene rings is 1. The van der Waals surface area contributed by atoms with Crippen molar-refractivity contribution >= 4 is 21.2 Å². The fourth-order valence-electron chi connectivity index (χ4n) is 3.42. The van der Waals surface area contributed by atoms with Crippen LogP contribution in [0.15, 0.2) is 27.5 Å². The predicted molar refractivity (Wildman–Crippen MR) is 112 cm³/mol. The molecule has 0 radical (unpaired) electrons. The number of hydrogen-bond donors (Lipinski definition) is 1. The quantitative estimate of drug-likeness (QED) is 0.692. The van der Waals surface area contributed by atoms with E-state index >= 15 is 0 Å². The van der Waals surface area contributed by atoms with Gasteiger partial charge in [-0.1, -0.05) is 6.42 Å². The van der Waals surface area contributed by atoms with Crippen molar-refractivity contribution in [3.05, 3.63) is 39.8 Å². The van der Waals surface area contributed by atoms with E-state index in [1.54, 1.807) is 19.1 Å². The summed E-state index contributed by atoms with van der Waals surface area (Å²) >= 11 is 0. The van der Waals surface area contributed by atoms with Gasteiger partial charge in [-0.3, -0.25) is 14.3 Å². The lowest BCUT2D eigenvalue weighted by Gasteiger charge is -2.19. The summed E-state index contributed by atoms with van der Waals surface area (Å²) in [4.78, 5) is 25.6. The summed E-state index contributed by atoms with van der Waals surface area (Å²) in [5, 5.41) is 2.78. The minimum absolute atomic E-state index is 0.0192. The summed E-state index contributed by atoms with van der Waals surface area (Å²) in [5.41, 5.74) is 0.0984. The van der Waals surface area contributed by atoms with Gasteiger partial charge in [0.25, 0.3) is 5.56 Å². The second-order valence-electron chi connectivity index (χ2n) is 6.82. The molecule has 1 aromatic heterocycles. The van der Waals surface area contributed by atoms with Gasteiger partial charge in [-0.15, -0.1) is 0 Å². The smallest absolute Gasteiger partial charge is 0.277 e. The van der Waals surface area contributed by atoms with Crippen LogP contribution in [0.25, 0.3) is 0 Å². The number of aryl methyl sites for hydroxylation is 1. The molecule has 1 fully saturated rings. The second kappa shape index (κ2) is 8.86. The number of hydrogen-bond acceptors (Lipinski definition) is 6. The van der Waals surface area contributed by atoms with Crippen molar-refractivity contribution in [2.45, 2.75) is 39.7 Å². The van der Waals surface area contributed by atoms with Crippen molar-refractivity contribution in [1.82, 2.24) is 9.78 Å². The first-order valence-corrected chi connectivity index (χ1v) is 11.7. The Labute approximate surface area is 170 Å². The molecule has 8 nitrogen and oxygen atoms in total. The second-order valence-corrected chi connectivity index (χ2v) is 9.37. The van der Waals surface area contributed by atoms with E-state index in [0.29, 0.717) is 23.8 Å². The lowest BCUT2D eigenvalue weighted by Crippen LogP contribution is -2.21. The number of nitrogens with one attached hydrogen (secondary N) is 1. The predicted octanol–water partition coefficient (Wildman–Crippen LogP) is 3.12. The molecular formula is C20H27N3O5S. The Hall–Kier alpha value is -2.55. The van der Waals surface area contributed by atoms with E-state index in [4.69, 9.17) is 9.47 Å². The van der Waals surface area contributed by atoms with Gasteiger partial charge >= 0.3 is 0 Å². The molecule has 0 amide bonds. The summed E-state index contributed by atoms with van der Waals surface area (Å²) in [7, 11) is -0.959. The number of carbonyl (C=O) groups excluding carboxylic acids is 1. The SMILES string of the molecule is CCOc1c(C(=O)c2c[nH]n(CC)c2=O)ccc(OC)c1N=S1(=O)CCCCC1. The molecule has 0 spiro atoms. The van der Waals surface area contributed by atoms with Crippen molar-refractivity contribution < 1.29 is 18.5 Å². The highest BCUT2D eigenvalue weighted by molar-refractivity contribution is 7.93. The molecule has 1 aromatic carbocycles. The lowest BCUT2D eigenvalue weighted by molar-refractivity contribution is 0.103. The molecule has 0 aliphatic carbocycles. The number of H-pyrrole nitrogens is 1. The van der Waals surface area contributed by atoms with E-state index in [1.807, 2.05) is 6.92 Å². The number of ether oxygens (including phenoxy) is 2. The Kier molecular flexibility index (Phi) is 6.46. The van der Waals surface area contributed by atoms with E-state index in [0.717, 1.165) is 19.3 Å². The largest absolute Gasteiger partial charge is 0.494 e. The first-order chi connectivity index (χ1) is 13.9. The molecule has 0 saturated carbocycles. The maximum atomic E-state index is 13.2. The minimum Gasteiger partial charge on any atom is -0.494 e. The molecule has 0 bridgehead atoms. The Balaban J connectivity index is 2.19. The van der Waals surface area contributed by atoms with Gasteiger partial charge < -0.3 is 14.6 Å². The average molecular weight is 422 g/mol. The summed E-state index contributed by atoms with van der Waals surface area (Å²) in [6.07, 6.45) is 4.14. The van der Waals surface area contributed by atoms with Crippen LogP contribution >= 0.6 is 0 Å². The number of aromatic nitrogens is 2. The van der Waals surface area contributed by atoms with Crippen LogP contribution in [0.3, 0.4) is 0 Å². The van der Waals surface area contributed by atoms with Crippen LogP contribution in [-0.4, -0.2) is 45.0 Å². The monoisotopic (exact) mass is 421 g/mol. The molecule has 3 rings (SSSR count). The summed E-state index contributed by atoms with van der Waals surface area (Å²) < 4.78 is 30.3. The standard InChI is InChI=1S/C20H27N3O5S/c1-4-23-20(25)15(13-21-23)18(24)14-9-10-16(27-3)17(19(14)28-5-2)22-29(26)11-7-6-8-12-29/h9-10,13,21H,4-8,11-12H2,1-3H3. The molecule has 158 valence electrons. The van der Waals surface area contributed by atoms with Crippen molar-refractivity contribution in [1.29, 1.82) is 0 Å². The minimum atomic E-state index is -2.45. The van der Waals surface area contributed by atoms with Crippen molar-refractivity contribution in [3.8, 4) is 11.5 Å². The number of ketones is 1. The molecule has 1 aliphatic heterocycles. The van der Waals surface area contributed by atoms with Crippen LogP contribution in [-0.2, 0) is 16.3 Å². The van der Waals surface area contributed by atoms with E-state index in [9.17, 15) is 13.8 Å². The third-order valence-corrected chi connectivity index (χ3v) is 7.30. The van der Waals surface area contributed by atoms with Gasteiger partial charge in [0.05, 0.1) is 29.0 Å². The fraction of sp³-hybridized carbons (Fsp3) is 0.500. The average Bonchev–Trinajstić information content (AvgIpc) is 3.09. The van der Waals surface area contributed by atoms with Gasteiger partial charge in [-0.2, -0.15) is 4.36 Å². The van der Waals surface area contributed by atoms with Crippen LogP contribution in [0.5, 0.6) is 11.5 Å². The Morgan fingerprint density at radius 3 is 2.52 bits per heavy atom. The highest BCUT2D eigenvalue weighted by Gasteiger charge is 2.26. The highest BCUT2D eigenvalue weighted by Crippen LogP contribution is 2.42. The number of aromatic amines is 1. The Morgan fingerprint density at radius 1 is 1.21 bits per heavy atom. The maximum absolute atomic E-state index is 13.2. The first kappa shape index (κ1) is 21.2. The highest BCUT2D eigenvalue weighted by atomic mass is 32.2. The molecule has 2 heterocycles. The summed E-state index contributed by atoms with van der Waals surface area (Å²) in [6.45, 7) is 4.31. The van der Waals surface area contributed by atoms with E-state index in [1.165, 1.54) is 18.0 Å². The van der Waals surface area contributed by atoms with E-state index < -0.39 is 21.1 Å². The topological polar surface area (TPSA) is 103 Å². The van der Waals surface area contributed by atoms with E-state index in [2.05, 4.69) is 9.46 Å². The van der Waals surface area contributed by atoms with Crippen LogP contribution in [0, 0.1) is 0 Å². The van der Waals surface area contributed by atoms with E-state index in [-0.39, 0.29) is 29.2 Å². The number of methoxy groups -OCH3 is 1.